The molecule has 0 saturated carbocycles. The van der Waals surface area contributed by atoms with Gasteiger partial charge in [-0.05, 0) is 6.92 Å². The maximum atomic E-state index is 10.9. The molecule has 68 valence electrons. The standard InChI is InChI=1S/C9H15NO2/c1-8(11)2-5-10-6-3-9(12)4-7-10/h2-7H2,1H3. The minimum absolute atomic E-state index is 0.229. The number of rotatable bonds is 3. The largest absolute Gasteiger partial charge is 0.302 e. The summed E-state index contributed by atoms with van der Waals surface area (Å²) in [5, 5.41) is 0. The van der Waals surface area contributed by atoms with Gasteiger partial charge in [0.15, 0.2) is 0 Å². The molecule has 0 spiro atoms. The molecule has 0 amide bonds. The third-order valence-electron chi connectivity index (χ3n) is 2.19. The third kappa shape index (κ3) is 3.13. The van der Waals surface area contributed by atoms with Crippen LogP contribution in [-0.2, 0) is 9.59 Å². The van der Waals surface area contributed by atoms with Crippen molar-refractivity contribution >= 4 is 11.6 Å². The Hall–Kier alpha value is -0.700. The van der Waals surface area contributed by atoms with E-state index in [9.17, 15) is 9.59 Å². The average Bonchev–Trinajstić information content (AvgIpc) is 2.03. The SMILES string of the molecule is CC(=O)CCN1CCC(=O)CC1. The van der Waals surface area contributed by atoms with E-state index in [-0.39, 0.29) is 5.78 Å². The minimum atomic E-state index is 0.229. The zero-order chi connectivity index (χ0) is 8.97. The highest BCUT2D eigenvalue weighted by molar-refractivity contribution is 5.79. The monoisotopic (exact) mass is 169 g/mol. The Morgan fingerprint density at radius 3 is 2.50 bits per heavy atom. The van der Waals surface area contributed by atoms with Gasteiger partial charge in [-0.25, -0.2) is 0 Å². The summed E-state index contributed by atoms with van der Waals surface area (Å²) < 4.78 is 0. The molecule has 0 aromatic heterocycles. The molecule has 1 aliphatic rings. The van der Waals surface area contributed by atoms with Crippen molar-refractivity contribution in [3.05, 3.63) is 0 Å². The van der Waals surface area contributed by atoms with Crippen LogP contribution in [0.5, 0.6) is 0 Å². The molecule has 0 aromatic rings. The molecule has 1 saturated heterocycles. The highest BCUT2D eigenvalue weighted by Crippen LogP contribution is 2.05. The molecule has 12 heavy (non-hydrogen) atoms. The van der Waals surface area contributed by atoms with Crippen LogP contribution >= 0.6 is 0 Å². The minimum Gasteiger partial charge on any atom is -0.302 e. The van der Waals surface area contributed by atoms with Crippen molar-refractivity contribution in [1.29, 1.82) is 0 Å². The molecular weight excluding hydrogens is 154 g/mol. The number of hydrogen-bond donors (Lipinski definition) is 0. The second-order valence-electron chi connectivity index (χ2n) is 3.33. The molecule has 1 rings (SSSR count). The number of Topliss-reactive ketones (excluding diaryl/α,β-unsaturated/α-hetero) is 2. The van der Waals surface area contributed by atoms with E-state index >= 15 is 0 Å². The van der Waals surface area contributed by atoms with Crippen molar-refractivity contribution < 1.29 is 9.59 Å². The van der Waals surface area contributed by atoms with Crippen LogP contribution in [0.3, 0.4) is 0 Å². The lowest BCUT2D eigenvalue weighted by atomic mass is 10.1. The molecule has 3 nitrogen and oxygen atoms in total. The van der Waals surface area contributed by atoms with Gasteiger partial charge in [0.2, 0.25) is 0 Å². The summed E-state index contributed by atoms with van der Waals surface area (Å²) in [7, 11) is 0. The highest BCUT2D eigenvalue weighted by atomic mass is 16.1. The fraction of sp³-hybridized carbons (Fsp3) is 0.778. The van der Waals surface area contributed by atoms with Gasteiger partial charge >= 0.3 is 0 Å². The van der Waals surface area contributed by atoms with Crippen molar-refractivity contribution in [2.75, 3.05) is 19.6 Å². The van der Waals surface area contributed by atoms with Gasteiger partial charge in [-0.15, -0.1) is 0 Å². The summed E-state index contributed by atoms with van der Waals surface area (Å²) in [5.41, 5.74) is 0. The van der Waals surface area contributed by atoms with Crippen LogP contribution in [0.15, 0.2) is 0 Å². The molecular formula is C9H15NO2. The van der Waals surface area contributed by atoms with E-state index in [0.29, 0.717) is 25.0 Å². The molecule has 3 heteroatoms. The quantitative estimate of drug-likeness (QED) is 0.622. The first-order valence-electron chi connectivity index (χ1n) is 4.42. The lowest BCUT2D eigenvalue weighted by Gasteiger charge is -2.24. The Morgan fingerprint density at radius 1 is 1.42 bits per heavy atom. The Balaban J connectivity index is 2.17. The van der Waals surface area contributed by atoms with Crippen molar-refractivity contribution in [3.63, 3.8) is 0 Å². The van der Waals surface area contributed by atoms with Crippen LogP contribution in [0.1, 0.15) is 26.2 Å². The molecule has 1 aliphatic heterocycles. The lowest BCUT2D eigenvalue weighted by molar-refractivity contribution is -0.121. The summed E-state index contributed by atoms with van der Waals surface area (Å²) in [6.45, 7) is 4.11. The van der Waals surface area contributed by atoms with E-state index in [0.717, 1.165) is 19.6 Å². The zero-order valence-electron chi connectivity index (χ0n) is 7.51. The Morgan fingerprint density at radius 2 is 2.00 bits per heavy atom. The second-order valence-corrected chi connectivity index (χ2v) is 3.33. The van der Waals surface area contributed by atoms with Gasteiger partial charge in [0.05, 0.1) is 0 Å². The van der Waals surface area contributed by atoms with E-state index in [2.05, 4.69) is 4.90 Å². The number of carbonyl (C=O) groups excluding carboxylic acids is 2. The van der Waals surface area contributed by atoms with Gasteiger partial charge in [-0.2, -0.15) is 0 Å². The number of likely N-dealkylation sites (tertiary alicyclic amines) is 1. The fourth-order valence-corrected chi connectivity index (χ4v) is 1.34. The van der Waals surface area contributed by atoms with E-state index < -0.39 is 0 Å². The van der Waals surface area contributed by atoms with Crippen LogP contribution in [-0.4, -0.2) is 36.1 Å². The normalized spacial score (nSPS) is 19.6. The third-order valence-corrected chi connectivity index (χ3v) is 2.19. The summed E-state index contributed by atoms with van der Waals surface area (Å²) >= 11 is 0. The predicted molar refractivity (Wildman–Crippen MR) is 46.0 cm³/mol. The molecule has 0 N–H and O–H groups in total. The van der Waals surface area contributed by atoms with Crippen LogP contribution in [0.4, 0.5) is 0 Å². The lowest BCUT2D eigenvalue weighted by Crippen LogP contribution is -2.35. The molecule has 0 atom stereocenters. The Labute approximate surface area is 72.7 Å². The maximum absolute atomic E-state index is 10.9. The number of hydrogen-bond acceptors (Lipinski definition) is 3. The van der Waals surface area contributed by atoms with Gasteiger partial charge < -0.3 is 4.90 Å². The topological polar surface area (TPSA) is 37.4 Å². The van der Waals surface area contributed by atoms with E-state index in [1.165, 1.54) is 0 Å². The van der Waals surface area contributed by atoms with Crippen LogP contribution in [0.2, 0.25) is 0 Å². The maximum Gasteiger partial charge on any atom is 0.135 e. The molecule has 0 aromatic carbocycles. The molecule has 0 unspecified atom stereocenters. The van der Waals surface area contributed by atoms with Gasteiger partial charge in [-0.1, -0.05) is 0 Å². The van der Waals surface area contributed by atoms with E-state index in [1.54, 1.807) is 6.92 Å². The zero-order valence-corrected chi connectivity index (χ0v) is 7.51. The van der Waals surface area contributed by atoms with Crippen molar-refractivity contribution in [2.24, 2.45) is 0 Å². The van der Waals surface area contributed by atoms with Crippen LogP contribution in [0.25, 0.3) is 0 Å². The molecule has 1 fully saturated rings. The van der Waals surface area contributed by atoms with Gasteiger partial charge in [-0.3, -0.25) is 9.59 Å². The van der Waals surface area contributed by atoms with Crippen molar-refractivity contribution in [1.82, 2.24) is 4.90 Å². The highest BCUT2D eigenvalue weighted by Gasteiger charge is 2.15. The van der Waals surface area contributed by atoms with E-state index in [1.807, 2.05) is 0 Å². The molecule has 0 aliphatic carbocycles. The van der Waals surface area contributed by atoms with Gasteiger partial charge in [0, 0.05) is 38.9 Å². The summed E-state index contributed by atoms with van der Waals surface area (Å²) in [6.07, 6.45) is 1.95. The predicted octanol–water partition coefficient (Wildman–Crippen LogP) is 0.630. The number of piperidine rings is 1. The average molecular weight is 169 g/mol. The summed E-state index contributed by atoms with van der Waals surface area (Å²) in [4.78, 5) is 23.7. The Kier molecular flexibility index (Phi) is 3.41. The Bertz CT molecular complexity index is 179. The number of nitrogens with zero attached hydrogens (tertiary/aromatic N) is 1. The summed E-state index contributed by atoms with van der Waals surface area (Å²) in [6, 6.07) is 0. The second kappa shape index (κ2) is 4.36. The van der Waals surface area contributed by atoms with Crippen molar-refractivity contribution in [3.8, 4) is 0 Å². The van der Waals surface area contributed by atoms with Crippen LogP contribution in [0, 0.1) is 0 Å². The van der Waals surface area contributed by atoms with Gasteiger partial charge in [0.25, 0.3) is 0 Å². The number of carbonyl (C=O) groups is 2. The van der Waals surface area contributed by atoms with E-state index in [4.69, 9.17) is 0 Å². The fourth-order valence-electron chi connectivity index (χ4n) is 1.34. The smallest absolute Gasteiger partial charge is 0.135 e. The van der Waals surface area contributed by atoms with Crippen molar-refractivity contribution in [2.45, 2.75) is 26.2 Å². The summed E-state index contributed by atoms with van der Waals surface area (Å²) in [5.74, 6) is 0.584. The van der Waals surface area contributed by atoms with Crippen LogP contribution < -0.4 is 0 Å². The first-order valence-corrected chi connectivity index (χ1v) is 4.42. The molecule has 0 radical (unpaired) electrons. The number of ketones is 2. The molecule has 0 bridgehead atoms. The van der Waals surface area contributed by atoms with Gasteiger partial charge in [0.1, 0.15) is 11.6 Å². The first kappa shape index (κ1) is 9.39. The molecule has 1 heterocycles. The first-order chi connectivity index (χ1) is 5.68.